The van der Waals surface area contributed by atoms with Crippen LogP contribution >= 0.6 is 0 Å². The summed E-state index contributed by atoms with van der Waals surface area (Å²) in [6.07, 6.45) is 3.61. The van der Waals surface area contributed by atoms with Gasteiger partial charge in [0, 0.05) is 6.20 Å². The lowest BCUT2D eigenvalue weighted by molar-refractivity contribution is -0.138. The largest absolute Gasteiger partial charge is 0.480 e. The Morgan fingerprint density at radius 3 is 2.67 bits per heavy atom. The number of unbranched alkanes of at least 4 members (excludes halogenated alkanes) is 1. The average Bonchev–Trinajstić information content (AvgIpc) is 2.34. The van der Waals surface area contributed by atoms with E-state index in [1.807, 2.05) is 6.92 Å². The van der Waals surface area contributed by atoms with Crippen LogP contribution in [0.4, 0.5) is 5.82 Å². The number of hydrogen-bond acceptors (Lipinski definition) is 4. The molecular weight excluding hydrogens is 234 g/mol. The maximum absolute atomic E-state index is 11.0. The summed E-state index contributed by atoms with van der Waals surface area (Å²) in [4.78, 5) is 25.8. The summed E-state index contributed by atoms with van der Waals surface area (Å²) in [5, 5.41) is 11.9. The van der Waals surface area contributed by atoms with Gasteiger partial charge in [-0.3, -0.25) is 4.79 Å². The van der Waals surface area contributed by atoms with Crippen LogP contribution in [0.3, 0.4) is 0 Å². The summed E-state index contributed by atoms with van der Waals surface area (Å²) >= 11 is 0. The van der Waals surface area contributed by atoms with Crippen molar-refractivity contribution in [2.24, 2.45) is 5.73 Å². The molecule has 0 aliphatic rings. The number of carboxylic acid groups (broad SMARTS) is 1. The lowest BCUT2D eigenvalue weighted by Crippen LogP contribution is -2.29. The third kappa shape index (κ3) is 4.04. The molecule has 1 rings (SSSR count). The van der Waals surface area contributed by atoms with Crippen molar-refractivity contribution in [3.63, 3.8) is 0 Å². The number of amides is 1. The first-order valence-corrected chi connectivity index (χ1v) is 5.79. The van der Waals surface area contributed by atoms with E-state index in [2.05, 4.69) is 10.3 Å². The molecule has 0 radical (unpaired) electrons. The molecule has 6 nitrogen and oxygen atoms in total. The fourth-order valence-electron chi connectivity index (χ4n) is 1.47. The number of primary amides is 1. The van der Waals surface area contributed by atoms with Gasteiger partial charge in [-0.1, -0.05) is 19.8 Å². The molecule has 1 unspecified atom stereocenters. The monoisotopic (exact) mass is 251 g/mol. The fourth-order valence-corrected chi connectivity index (χ4v) is 1.47. The van der Waals surface area contributed by atoms with E-state index in [9.17, 15) is 9.59 Å². The summed E-state index contributed by atoms with van der Waals surface area (Å²) in [5.74, 6) is -1.05. The van der Waals surface area contributed by atoms with Crippen molar-refractivity contribution in [3.05, 3.63) is 23.9 Å². The van der Waals surface area contributed by atoms with Crippen LogP contribution in [-0.2, 0) is 4.79 Å². The van der Waals surface area contributed by atoms with Gasteiger partial charge in [0.2, 0.25) is 5.91 Å². The van der Waals surface area contributed by atoms with Crippen molar-refractivity contribution in [2.75, 3.05) is 5.32 Å². The summed E-state index contributed by atoms with van der Waals surface area (Å²) in [7, 11) is 0. The van der Waals surface area contributed by atoms with E-state index in [0.29, 0.717) is 17.8 Å². The zero-order valence-electron chi connectivity index (χ0n) is 10.2. The number of rotatable bonds is 7. The smallest absolute Gasteiger partial charge is 0.326 e. The lowest BCUT2D eigenvalue weighted by atomic mass is 10.1. The minimum atomic E-state index is -0.913. The third-order valence-corrected chi connectivity index (χ3v) is 2.51. The van der Waals surface area contributed by atoms with E-state index in [1.54, 1.807) is 6.07 Å². The maximum atomic E-state index is 11.0. The first-order valence-electron chi connectivity index (χ1n) is 5.79. The van der Waals surface area contributed by atoms with E-state index in [-0.39, 0.29) is 0 Å². The van der Waals surface area contributed by atoms with Crippen molar-refractivity contribution in [3.8, 4) is 0 Å². The Morgan fingerprint density at radius 2 is 2.22 bits per heavy atom. The van der Waals surface area contributed by atoms with Crippen molar-refractivity contribution in [1.29, 1.82) is 0 Å². The van der Waals surface area contributed by atoms with Crippen LogP contribution in [0.2, 0.25) is 0 Å². The summed E-state index contributed by atoms with van der Waals surface area (Å²) in [6.45, 7) is 2.00. The molecule has 0 saturated carbocycles. The van der Waals surface area contributed by atoms with Gasteiger partial charge in [-0.15, -0.1) is 0 Å². The normalized spacial score (nSPS) is 11.8. The zero-order valence-corrected chi connectivity index (χ0v) is 10.2. The molecule has 18 heavy (non-hydrogen) atoms. The highest BCUT2D eigenvalue weighted by Crippen LogP contribution is 2.10. The van der Waals surface area contributed by atoms with Crippen molar-refractivity contribution >= 4 is 17.7 Å². The van der Waals surface area contributed by atoms with E-state index >= 15 is 0 Å². The number of anilines is 1. The number of nitrogens with two attached hydrogens (primary N) is 1. The summed E-state index contributed by atoms with van der Waals surface area (Å²) < 4.78 is 0. The minimum absolute atomic E-state index is 0.293. The number of aromatic nitrogens is 1. The van der Waals surface area contributed by atoms with Crippen LogP contribution in [0.1, 0.15) is 36.5 Å². The SMILES string of the molecule is CCCCC(Nc1ccc(C(N)=O)cn1)C(=O)O. The molecule has 0 spiro atoms. The molecule has 4 N–H and O–H groups in total. The molecule has 0 aliphatic carbocycles. The predicted octanol–water partition coefficient (Wildman–Crippen LogP) is 1.24. The van der Waals surface area contributed by atoms with Crippen molar-refractivity contribution in [1.82, 2.24) is 4.98 Å². The number of nitrogens with one attached hydrogen (secondary N) is 1. The number of hydrogen-bond donors (Lipinski definition) is 3. The van der Waals surface area contributed by atoms with E-state index < -0.39 is 17.9 Å². The molecule has 1 atom stereocenters. The van der Waals surface area contributed by atoms with Crippen molar-refractivity contribution in [2.45, 2.75) is 32.2 Å². The van der Waals surface area contributed by atoms with Gasteiger partial charge >= 0.3 is 5.97 Å². The number of carbonyl (C=O) groups is 2. The van der Waals surface area contributed by atoms with Crippen molar-refractivity contribution < 1.29 is 14.7 Å². The molecule has 0 bridgehead atoms. The standard InChI is InChI=1S/C12H17N3O3/c1-2-3-4-9(12(17)18)15-10-6-5-8(7-14-10)11(13)16/h5-7,9H,2-4H2,1H3,(H2,13,16)(H,14,15)(H,17,18). The van der Waals surface area contributed by atoms with Crippen LogP contribution in [-0.4, -0.2) is 28.0 Å². The van der Waals surface area contributed by atoms with Gasteiger partial charge in [0.15, 0.2) is 0 Å². The first kappa shape index (κ1) is 14.0. The Bertz CT molecular complexity index is 417. The van der Waals surface area contributed by atoms with E-state index in [0.717, 1.165) is 12.8 Å². The molecule has 98 valence electrons. The Morgan fingerprint density at radius 1 is 1.50 bits per heavy atom. The van der Waals surface area contributed by atoms with Gasteiger partial charge in [0.25, 0.3) is 0 Å². The summed E-state index contributed by atoms with van der Waals surface area (Å²) in [5.41, 5.74) is 5.38. The molecule has 1 heterocycles. The highest BCUT2D eigenvalue weighted by molar-refractivity contribution is 5.92. The molecule has 0 fully saturated rings. The fraction of sp³-hybridized carbons (Fsp3) is 0.417. The second-order valence-corrected chi connectivity index (χ2v) is 3.97. The third-order valence-electron chi connectivity index (χ3n) is 2.51. The topological polar surface area (TPSA) is 105 Å². The quantitative estimate of drug-likeness (QED) is 0.676. The molecule has 6 heteroatoms. The molecule has 1 aromatic heterocycles. The summed E-state index contributed by atoms with van der Waals surface area (Å²) in [6, 6.07) is 2.38. The van der Waals surface area contributed by atoms with E-state index in [4.69, 9.17) is 10.8 Å². The Labute approximate surface area is 105 Å². The van der Waals surface area contributed by atoms with Crippen LogP contribution in [0.15, 0.2) is 18.3 Å². The van der Waals surface area contributed by atoms with Gasteiger partial charge in [0.1, 0.15) is 11.9 Å². The second-order valence-electron chi connectivity index (χ2n) is 3.97. The Hall–Kier alpha value is -2.11. The van der Waals surface area contributed by atoms with Gasteiger partial charge < -0.3 is 16.2 Å². The number of aliphatic carboxylic acids is 1. The van der Waals surface area contributed by atoms with Gasteiger partial charge in [0.05, 0.1) is 5.56 Å². The average molecular weight is 251 g/mol. The van der Waals surface area contributed by atoms with Gasteiger partial charge in [-0.05, 0) is 18.6 Å². The highest BCUT2D eigenvalue weighted by atomic mass is 16.4. The van der Waals surface area contributed by atoms with Crippen LogP contribution in [0.25, 0.3) is 0 Å². The van der Waals surface area contributed by atoms with Crippen LogP contribution < -0.4 is 11.1 Å². The molecule has 1 amide bonds. The molecule has 1 aromatic rings. The lowest BCUT2D eigenvalue weighted by Gasteiger charge is -2.14. The number of carbonyl (C=O) groups excluding carboxylic acids is 1. The minimum Gasteiger partial charge on any atom is -0.480 e. The second kappa shape index (κ2) is 6.58. The molecular formula is C12H17N3O3. The van der Waals surface area contributed by atoms with Gasteiger partial charge in [-0.25, -0.2) is 9.78 Å². The predicted molar refractivity (Wildman–Crippen MR) is 67.3 cm³/mol. The zero-order chi connectivity index (χ0) is 13.5. The molecule has 0 saturated heterocycles. The number of carboxylic acids is 1. The Kier molecular flexibility index (Phi) is 5.10. The first-order chi connectivity index (χ1) is 8.54. The molecule has 0 aromatic carbocycles. The van der Waals surface area contributed by atoms with Gasteiger partial charge in [-0.2, -0.15) is 0 Å². The van der Waals surface area contributed by atoms with E-state index in [1.165, 1.54) is 12.3 Å². The number of nitrogens with zero attached hydrogens (tertiary/aromatic N) is 1. The maximum Gasteiger partial charge on any atom is 0.326 e. The molecule has 0 aliphatic heterocycles. The Balaban J connectivity index is 2.68. The highest BCUT2D eigenvalue weighted by Gasteiger charge is 2.16. The number of pyridine rings is 1. The van der Waals surface area contributed by atoms with Crippen LogP contribution in [0, 0.1) is 0 Å². The van der Waals surface area contributed by atoms with Crippen LogP contribution in [0.5, 0.6) is 0 Å².